The fraction of sp³-hybridized carbons (Fsp3) is 0.222. The number of anilines is 1. The van der Waals surface area contributed by atoms with Crippen molar-refractivity contribution in [1.29, 1.82) is 0 Å². The van der Waals surface area contributed by atoms with Gasteiger partial charge < -0.3 is 19.3 Å². The summed E-state index contributed by atoms with van der Waals surface area (Å²) in [7, 11) is 5.63. The van der Waals surface area contributed by atoms with E-state index < -0.39 is 6.04 Å². The minimum absolute atomic E-state index is 0.138. The zero-order chi connectivity index (χ0) is 24.7. The van der Waals surface area contributed by atoms with E-state index in [-0.39, 0.29) is 18.3 Å². The van der Waals surface area contributed by atoms with Crippen LogP contribution in [0.15, 0.2) is 71.5 Å². The quantitative estimate of drug-likeness (QED) is 0.439. The summed E-state index contributed by atoms with van der Waals surface area (Å²) >= 11 is 0. The number of hydrogen-bond acceptors (Lipinski definition) is 6. The van der Waals surface area contributed by atoms with Gasteiger partial charge in [-0.25, -0.2) is 4.98 Å². The number of amides is 1. The monoisotopic (exact) mass is 470 g/mol. The maximum Gasteiger partial charge on any atom is 0.266 e. The van der Waals surface area contributed by atoms with Crippen LogP contribution in [0, 0.1) is 0 Å². The molecule has 1 unspecified atom stereocenters. The minimum atomic E-state index is -0.501. The Hall–Kier alpha value is -4.33. The van der Waals surface area contributed by atoms with Crippen molar-refractivity contribution in [2.75, 3.05) is 32.8 Å². The first-order valence-electron chi connectivity index (χ1n) is 11.3. The van der Waals surface area contributed by atoms with Gasteiger partial charge in [0.05, 0.1) is 22.6 Å². The van der Waals surface area contributed by atoms with Crippen molar-refractivity contribution in [3.05, 3.63) is 88.5 Å². The average Bonchev–Trinajstić information content (AvgIpc) is 3.35. The average molecular weight is 471 g/mol. The molecule has 1 aliphatic rings. The maximum absolute atomic E-state index is 13.6. The summed E-state index contributed by atoms with van der Waals surface area (Å²) in [6, 6.07) is 19.5. The Morgan fingerprint density at radius 2 is 1.69 bits per heavy atom. The van der Waals surface area contributed by atoms with Crippen molar-refractivity contribution in [2.45, 2.75) is 13.0 Å². The zero-order valence-electron chi connectivity index (χ0n) is 20.1. The van der Waals surface area contributed by atoms with Gasteiger partial charge in [-0.15, -0.1) is 0 Å². The van der Waals surface area contributed by atoms with Crippen LogP contribution >= 0.6 is 0 Å². The third-order valence-electron chi connectivity index (χ3n) is 6.32. The van der Waals surface area contributed by atoms with Crippen molar-refractivity contribution in [1.82, 2.24) is 14.5 Å². The Morgan fingerprint density at radius 3 is 2.43 bits per heavy atom. The smallest absolute Gasteiger partial charge is 0.266 e. The number of para-hydroxylation sites is 1. The Morgan fingerprint density at radius 1 is 0.971 bits per heavy atom. The molecule has 0 radical (unpaired) electrons. The van der Waals surface area contributed by atoms with E-state index in [0.717, 1.165) is 5.69 Å². The number of ether oxygens (including phenoxy) is 2. The van der Waals surface area contributed by atoms with E-state index in [2.05, 4.69) is 0 Å². The van der Waals surface area contributed by atoms with Gasteiger partial charge in [-0.3, -0.25) is 14.2 Å². The van der Waals surface area contributed by atoms with Gasteiger partial charge in [-0.2, -0.15) is 0 Å². The molecule has 3 aromatic carbocycles. The summed E-state index contributed by atoms with van der Waals surface area (Å²) in [5, 5.41) is 0.518. The number of benzene rings is 3. The third-order valence-corrected chi connectivity index (χ3v) is 6.32. The second kappa shape index (κ2) is 8.79. The molecule has 4 aromatic rings. The van der Waals surface area contributed by atoms with E-state index in [4.69, 9.17) is 14.5 Å². The molecular formula is C27H26N4O4. The number of aromatic nitrogens is 2. The summed E-state index contributed by atoms with van der Waals surface area (Å²) in [5.74, 6) is 1.41. The van der Waals surface area contributed by atoms with Gasteiger partial charge in [0, 0.05) is 32.4 Å². The van der Waals surface area contributed by atoms with Crippen LogP contribution in [-0.4, -0.2) is 48.3 Å². The zero-order valence-corrected chi connectivity index (χ0v) is 20.1. The molecular weight excluding hydrogens is 444 g/mol. The van der Waals surface area contributed by atoms with E-state index in [1.807, 2.05) is 68.4 Å². The highest BCUT2D eigenvalue weighted by molar-refractivity contribution is 5.95. The van der Waals surface area contributed by atoms with Crippen LogP contribution in [-0.2, 0) is 0 Å². The van der Waals surface area contributed by atoms with Crippen LogP contribution < -0.4 is 19.9 Å². The topological polar surface area (TPSA) is 76.9 Å². The van der Waals surface area contributed by atoms with E-state index in [1.54, 1.807) is 40.8 Å². The van der Waals surface area contributed by atoms with E-state index >= 15 is 0 Å². The summed E-state index contributed by atoms with van der Waals surface area (Å²) in [6.45, 7) is 2.01. The molecule has 0 bridgehead atoms. The predicted octanol–water partition coefficient (Wildman–Crippen LogP) is 4.01. The Bertz CT molecular complexity index is 1480. The highest BCUT2D eigenvalue weighted by atomic mass is 16.7. The largest absolute Gasteiger partial charge is 0.454 e. The van der Waals surface area contributed by atoms with Crippen LogP contribution in [0.25, 0.3) is 16.6 Å². The number of nitrogens with zero attached hydrogens (tertiary/aromatic N) is 4. The fourth-order valence-electron chi connectivity index (χ4n) is 4.16. The minimum Gasteiger partial charge on any atom is -0.454 e. The van der Waals surface area contributed by atoms with Gasteiger partial charge >= 0.3 is 0 Å². The van der Waals surface area contributed by atoms with Crippen LogP contribution in [0.2, 0.25) is 0 Å². The van der Waals surface area contributed by atoms with E-state index in [0.29, 0.717) is 39.5 Å². The number of fused-ring (bicyclic) bond motifs is 2. The summed E-state index contributed by atoms with van der Waals surface area (Å²) < 4.78 is 12.4. The van der Waals surface area contributed by atoms with Crippen LogP contribution in [0.1, 0.15) is 29.1 Å². The lowest BCUT2D eigenvalue weighted by Crippen LogP contribution is -2.34. The van der Waals surface area contributed by atoms with Gasteiger partial charge in [0.2, 0.25) is 6.79 Å². The lowest BCUT2D eigenvalue weighted by molar-refractivity contribution is 0.0734. The first kappa shape index (κ1) is 22.5. The number of carbonyl (C=O) groups is 1. The van der Waals surface area contributed by atoms with Crippen LogP contribution in [0.5, 0.6) is 11.5 Å². The van der Waals surface area contributed by atoms with Crippen molar-refractivity contribution in [2.24, 2.45) is 0 Å². The second-order valence-corrected chi connectivity index (χ2v) is 8.70. The molecule has 1 amide bonds. The van der Waals surface area contributed by atoms with Crippen LogP contribution in [0.3, 0.4) is 0 Å². The molecule has 5 rings (SSSR count). The lowest BCUT2D eigenvalue weighted by Gasteiger charge is -2.27. The molecule has 8 nitrogen and oxygen atoms in total. The summed E-state index contributed by atoms with van der Waals surface area (Å²) in [6.07, 6.45) is 0. The Balaban J connectivity index is 1.59. The molecule has 178 valence electrons. The second-order valence-electron chi connectivity index (χ2n) is 8.70. The molecule has 0 saturated heterocycles. The summed E-state index contributed by atoms with van der Waals surface area (Å²) in [5.41, 5.74) is 2.57. The highest BCUT2D eigenvalue weighted by Gasteiger charge is 2.26. The molecule has 0 N–H and O–H groups in total. The maximum atomic E-state index is 13.6. The van der Waals surface area contributed by atoms with Crippen LogP contribution in [0.4, 0.5) is 5.69 Å². The molecule has 1 atom stereocenters. The van der Waals surface area contributed by atoms with E-state index in [9.17, 15) is 9.59 Å². The number of hydrogen-bond donors (Lipinski definition) is 0. The summed E-state index contributed by atoms with van der Waals surface area (Å²) in [4.78, 5) is 35.4. The molecule has 1 aromatic heterocycles. The van der Waals surface area contributed by atoms with Gasteiger partial charge in [0.1, 0.15) is 5.82 Å². The molecule has 1 aliphatic heterocycles. The molecule has 0 saturated carbocycles. The van der Waals surface area contributed by atoms with Crippen molar-refractivity contribution >= 4 is 22.5 Å². The highest BCUT2D eigenvalue weighted by Crippen LogP contribution is 2.33. The van der Waals surface area contributed by atoms with E-state index in [1.165, 1.54) is 0 Å². The Labute approximate surface area is 202 Å². The first-order chi connectivity index (χ1) is 16.8. The number of rotatable bonds is 5. The van der Waals surface area contributed by atoms with Gasteiger partial charge in [0.15, 0.2) is 11.5 Å². The van der Waals surface area contributed by atoms with Crippen molar-refractivity contribution in [3.8, 4) is 17.2 Å². The SMILES string of the molecule is CC(c1nc2ccccc2c(=O)n1-c1ccc(N(C)C)cc1)N(C)C(=O)c1ccc2c(c1)OCO2. The molecule has 0 spiro atoms. The normalized spacial score (nSPS) is 13.0. The Kier molecular flexibility index (Phi) is 5.64. The third kappa shape index (κ3) is 3.97. The van der Waals surface area contributed by atoms with Crippen molar-refractivity contribution in [3.63, 3.8) is 0 Å². The molecule has 0 fully saturated rings. The molecule has 2 heterocycles. The molecule has 35 heavy (non-hydrogen) atoms. The fourth-order valence-corrected chi connectivity index (χ4v) is 4.16. The van der Waals surface area contributed by atoms with Gasteiger partial charge in [-0.05, 0) is 61.5 Å². The lowest BCUT2D eigenvalue weighted by atomic mass is 10.1. The van der Waals surface area contributed by atoms with Crippen molar-refractivity contribution < 1.29 is 14.3 Å². The molecule has 8 heteroatoms. The predicted molar refractivity (Wildman–Crippen MR) is 135 cm³/mol. The van der Waals surface area contributed by atoms with Gasteiger partial charge in [-0.1, -0.05) is 12.1 Å². The number of carbonyl (C=O) groups excluding carboxylic acids is 1. The first-order valence-corrected chi connectivity index (χ1v) is 11.3. The van der Waals surface area contributed by atoms with Gasteiger partial charge in [0.25, 0.3) is 11.5 Å². The standard InChI is InChI=1S/C27H26N4O4/c1-17(30(4)26(32)18-9-14-23-24(15-18)35-16-34-23)25-28-22-8-6-5-7-21(22)27(33)31(25)20-12-10-19(11-13-20)29(2)3/h5-15,17H,16H2,1-4H3. The molecule has 0 aliphatic carbocycles.